The third kappa shape index (κ3) is 3.32. The number of aryl methyl sites for hydroxylation is 1. The van der Waals surface area contributed by atoms with Crippen LogP contribution >= 0.6 is 0 Å². The lowest BCUT2D eigenvalue weighted by molar-refractivity contribution is -0.141. The predicted octanol–water partition coefficient (Wildman–Crippen LogP) is 2.65. The second kappa shape index (κ2) is 6.93. The first kappa shape index (κ1) is 16.5. The standard InChI is InChI=1S/C18H18N2O3/c1-12-9-15(17(21)16(10-19)18(22)23-3)13(2)20(12)11-14-7-5-4-6-8-14/h4-9,16H,11H2,1-3H3/t16-/m0/s1. The number of carbonyl (C=O) groups excluding carboxylic acids is 2. The number of Topliss-reactive ketones (excluding diaryl/α,β-unsaturated/α-hetero) is 1. The van der Waals surface area contributed by atoms with E-state index in [-0.39, 0.29) is 0 Å². The normalized spacial score (nSPS) is 11.6. The highest BCUT2D eigenvalue weighted by atomic mass is 16.5. The molecule has 0 bridgehead atoms. The Labute approximate surface area is 135 Å². The lowest BCUT2D eigenvalue weighted by atomic mass is 9.99. The van der Waals surface area contributed by atoms with Gasteiger partial charge in [0.15, 0.2) is 5.78 Å². The Balaban J connectivity index is 2.36. The van der Waals surface area contributed by atoms with Crippen molar-refractivity contribution < 1.29 is 14.3 Å². The van der Waals surface area contributed by atoms with E-state index in [1.54, 1.807) is 12.1 Å². The number of methoxy groups -OCH3 is 1. The number of hydrogen-bond donors (Lipinski definition) is 0. The van der Waals surface area contributed by atoms with Crippen LogP contribution in [0.3, 0.4) is 0 Å². The Morgan fingerprint density at radius 2 is 1.91 bits per heavy atom. The summed E-state index contributed by atoms with van der Waals surface area (Å²) in [5, 5.41) is 9.08. The van der Waals surface area contributed by atoms with E-state index in [4.69, 9.17) is 5.26 Å². The number of esters is 1. The number of benzene rings is 1. The van der Waals surface area contributed by atoms with Crippen LogP contribution in [0.2, 0.25) is 0 Å². The highest BCUT2D eigenvalue weighted by Gasteiger charge is 2.30. The van der Waals surface area contributed by atoms with Crippen LogP contribution < -0.4 is 0 Å². The van der Waals surface area contributed by atoms with E-state index in [1.165, 1.54) is 7.11 Å². The van der Waals surface area contributed by atoms with Crippen LogP contribution in [-0.4, -0.2) is 23.4 Å². The number of rotatable bonds is 5. The Hall–Kier alpha value is -2.87. The summed E-state index contributed by atoms with van der Waals surface area (Å²) in [5.74, 6) is -2.78. The van der Waals surface area contributed by atoms with Gasteiger partial charge < -0.3 is 9.30 Å². The molecule has 118 valence electrons. The molecule has 0 aliphatic heterocycles. The van der Waals surface area contributed by atoms with E-state index in [9.17, 15) is 9.59 Å². The number of aromatic nitrogens is 1. The molecule has 0 amide bonds. The molecule has 23 heavy (non-hydrogen) atoms. The first-order chi connectivity index (χ1) is 11.0. The zero-order chi connectivity index (χ0) is 17.0. The first-order valence-corrected chi connectivity index (χ1v) is 7.22. The number of ether oxygens (including phenoxy) is 1. The van der Waals surface area contributed by atoms with E-state index in [2.05, 4.69) is 4.74 Å². The monoisotopic (exact) mass is 310 g/mol. The first-order valence-electron chi connectivity index (χ1n) is 7.22. The van der Waals surface area contributed by atoms with Crippen molar-refractivity contribution in [3.8, 4) is 6.07 Å². The molecule has 0 unspecified atom stereocenters. The fourth-order valence-corrected chi connectivity index (χ4v) is 2.55. The molecule has 0 radical (unpaired) electrons. The van der Waals surface area contributed by atoms with Crippen LogP contribution in [0.15, 0.2) is 36.4 Å². The van der Waals surface area contributed by atoms with E-state index in [1.807, 2.05) is 48.7 Å². The largest absolute Gasteiger partial charge is 0.468 e. The average Bonchev–Trinajstić information content (AvgIpc) is 2.84. The SMILES string of the molecule is COC(=O)[C@@H](C#N)C(=O)c1cc(C)n(Cc2ccccc2)c1C. The molecule has 0 saturated heterocycles. The van der Waals surface area contributed by atoms with Gasteiger partial charge in [-0.1, -0.05) is 30.3 Å². The summed E-state index contributed by atoms with van der Waals surface area (Å²) in [6, 6.07) is 13.3. The van der Waals surface area contributed by atoms with Crippen molar-refractivity contribution >= 4 is 11.8 Å². The number of hydrogen-bond acceptors (Lipinski definition) is 4. The van der Waals surface area contributed by atoms with Gasteiger partial charge >= 0.3 is 5.97 Å². The summed E-state index contributed by atoms with van der Waals surface area (Å²) in [6.45, 7) is 4.34. The second-order valence-electron chi connectivity index (χ2n) is 5.31. The summed E-state index contributed by atoms with van der Waals surface area (Å²) >= 11 is 0. The van der Waals surface area contributed by atoms with Gasteiger partial charge in [0.25, 0.3) is 0 Å². The quantitative estimate of drug-likeness (QED) is 0.483. The van der Waals surface area contributed by atoms with Crippen molar-refractivity contribution in [1.29, 1.82) is 5.26 Å². The molecular weight excluding hydrogens is 292 g/mol. The van der Waals surface area contributed by atoms with Gasteiger partial charge in [-0.15, -0.1) is 0 Å². The molecular formula is C18H18N2O3. The third-order valence-corrected chi connectivity index (χ3v) is 3.85. The van der Waals surface area contributed by atoms with Crippen molar-refractivity contribution in [2.24, 2.45) is 5.92 Å². The van der Waals surface area contributed by atoms with E-state index >= 15 is 0 Å². The molecule has 0 aliphatic rings. The maximum absolute atomic E-state index is 12.5. The Kier molecular flexibility index (Phi) is 4.97. The van der Waals surface area contributed by atoms with Crippen LogP contribution in [0.5, 0.6) is 0 Å². The zero-order valence-corrected chi connectivity index (χ0v) is 13.4. The van der Waals surface area contributed by atoms with E-state index < -0.39 is 17.7 Å². The Morgan fingerprint density at radius 1 is 1.26 bits per heavy atom. The predicted molar refractivity (Wildman–Crippen MR) is 84.9 cm³/mol. The topological polar surface area (TPSA) is 72.1 Å². The van der Waals surface area contributed by atoms with Gasteiger partial charge in [-0.2, -0.15) is 5.26 Å². The van der Waals surface area contributed by atoms with Crippen LogP contribution in [-0.2, 0) is 16.1 Å². The number of ketones is 1. The molecule has 0 N–H and O–H groups in total. The van der Waals surface area contributed by atoms with E-state index in [0.29, 0.717) is 12.1 Å². The van der Waals surface area contributed by atoms with E-state index in [0.717, 1.165) is 17.0 Å². The third-order valence-electron chi connectivity index (χ3n) is 3.85. The van der Waals surface area contributed by atoms with Gasteiger partial charge in [0.1, 0.15) is 0 Å². The lowest BCUT2D eigenvalue weighted by Crippen LogP contribution is -2.24. The average molecular weight is 310 g/mol. The van der Waals surface area contributed by atoms with Crippen molar-refractivity contribution in [2.45, 2.75) is 20.4 Å². The van der Waals surface area contributed by atoms with Crippen molar-refractivity contribution in [3.05, 3.63) is 58.9 Å². The van der Waals surface area contributed by atoms with Crippen LogP contribution in [0.1, 0.15) is 27.3 Å². The number of nitriles is 1. The molecule has 0 fully saturated rings. The van der Waals surface area contributed by atoms with Crippen LogP contribution in [0, 0.1) is 31.1 Å². The second-order valence-corrected chi connectivity index (χ2v) is 5.31. The maximum atomic E-state index is 12.5. The minimum absolute atomic E-state index is 0.385. The molecule has 2 rings (SSSR count). The Morgan fingerprint density at radius 3 is 2.48 bits per heavy atom. The van der Waals surface area contributed by atoms with Gasteiger partial charge in [-0.05, 0) is 25.5 Å². The smallest absolute Gasteiger partial charge is 0.331 e. The summed E-state index contributed by atoms with van der Waals surface area (Å²) < 4.78 is 6.52. The van der Waals surface area contributed by atoms with Crippen molar-refractivity contribution in [1.82, 2.24) is 4.57 Å². The molecule has 1 aromatic heterocycles. The molecule has 0 aliphatic carbocycles. The van der Waals surface area contributed by atoms with Gasteiger partial charge in [-0.25, -0.2) is 0 Å². The minimum Gasteiger partial charge on any atom is -0.468 e. The lowest BCUT2D eigenvalue weighted by Gasteiger charge is -2.10. The fourth-order valence-electron chi connectivity index (χ4n) is 2.55. The number of carbonyl (C=O) groups is 2. The van der Waals surface area contributed by atoms with Gasteiger partial charge in [0.2, 0.25) is 5.92 Å². The molecule has 0 spiro atoms. The molecule has 5 heteroatoms. The molecule has 0 saturated carbocycles. The summed E-state index contributed by atoms with van der Waals surface area (Å²) in [5.41, 5.74) is 3.13. The molecule has 2 aromatic rings. The van der Waals surface area contributed by atoms with Crippen LogP contribution in [0.25, 0.3) is 0 Å². The summed E-state index contributed by atoms with van der Waals surface area (Å²) in [4.78, 5) is 24.1. The fraction of sp³-hybridized carbons (Fsp3) is 0.278. The maximum Gasteiger partial charge on any atom is 0.331 e. The summed E-state index contributed by atoms with van der Waals surface area (Å²) in [6.07, 6.45) is 0. The van der Waals surface area contributed by atoms with Gasteiger partial charge in [0.05, 0.1) is 13.2 Å². The van der Waals surface area contributed by atoms with Crippen molar-refractivity contribution in [3.63, 3.8) is 0 Å². The highest BCUT2D eigenvalue weighted by molar-refractivity contribution is 6.11. The molecule has 5 nitrogen and oxygen atoms in total. The van der Waals surface area contributed by atoms with Gasteiger partial charge in [-0.3, -0.25) is 9.59 Å². The zero-order valence-electron chi connectivity index (χ0n) is 13.4. The number of nitrogens with zero attached hydrogens (tertiary/aromatic N) is 2. The van der Waals surface area contributed by atoms with Crippen LogP contribution in [0.4, 0.5) is 0 Å². The van der Waals surface area contributed by atoms with Crippen molar-refractivity contribution in [2.75, 3.05) is 7.11 Å². The highest BCUT2D eigenvalue weighted by Crippen LogP contribution is 2.20. The molecule has 1 aromatic carbocycles. The Bertz CT molecular complexity index is 770. The summed E-state index contributed by atoms with van der Waals surface area (Å²) in [7, 11) is 1.17. The molecule has 1 atom stereocenters. The van der Waals surface area contributed by atoms with Gasteiger partial charge in [0, 0.05) is 23.5 Å². The minimum atomic E-state index is -1.43. The molecule has 1 heterocycles.